The number of rotatable bonds is 7. The summed E-state index contributed by atoms with van der Waals surface area (Å²) >= 11 is 0. The molecule has 0 saturated carbocycles. The molecule has 7 heteroatoms. The van der Waals surface area contributed by atoms with Gasteiger partial charge in [0.05, 0.1) is 27.2 Å². The number of carbonyl (C=O) groups is 2. The maximum atomic E-state index is 13.2. The van der Waals surface area contributed by atoms with Crippen molar-refractivity contribution in [1.82, 2.24) is 9.80 Å². The molecule has 0 bridgehead atoms. The van der Waals surface area contributed by atoms with E-state index in [1.54, 1.807) is 50.3 Å². The highest BCUT2D eigenvalue weighted by Crippen LogP contribution is 2.43. The molecule has 2 atom stereocenters. The molecule has 7 nitrogen and oxygen atoms in total. The van der Waals surface area contributed by atoms with Gasteiger partial charge < -0.3 is 24.0 Å². The van der Waals surface area contributed by atoms with Crippen LogP contribution in [0.5, 0.6) is 17.2 Å². The Kier molecular flexibility index (Phi) is 7.05. The first kappa shape index (κ1) is 22.5. The SMILES string of the molecule is CCN(C)C(=O)C1CN(C(=O)c2ccccc2)CC1c1cc(OC)c(OC)c(OC)c1. The van der Waals surface area contributed by atoms with Gasteiger partial charge in [0.25, 0.3) is 5.91 Å². The zero-order valence-corrected chi connectivity index (χ0v) is 18.8. The third-order valence-electron chi connectivity index (χ3n) is 5.91. The zero-order valence-electron chi connectivity index (χ0n) is 18.8. The lowest BCUT2D eigenvalue weighted by Gasteiger charge is -2.24. The van der Waals surface area contributed by atoms with Crippen molar-refractivity contribution in [1.29, 1.82) is 0 Å². The fraction of sp³-hybridized carbons (Fsp3) is 0.417. The van der Waals surface area contributed by atoms with E-state index < -0.39 is 0 Å². The van der Waals surface area contributed by atoms with Gasteiger partial charge in [-0.25, -0.2) is 0 Å². The van der Waals surface area contributed by atoms with Crippen molar-refractivity contribution in [3.63, 3.8) is 0 Å². The van der Waals surface area contributed by atoms with Gasteiger partial charge in [0.1, 0.15) is 0 Å². The molecule has 0 radical (unpaired) electrons. The third kappa shape index (κ3) is 4.45. The van der Waals surface area contributed by atoms with Crippen molar-refractivity contribution in [3.8, 4) is 17.2 Å². The van der Waals surface area contributed by atoms with Crippen LogP contribution in [0.25, 0.3) is 0 Å². The fourth-order valence-electron chi connectivity index (χ4n) is 4.08. The molecule has 2 amide bonds. The maximum absolute atomic E-state index is 13.2. The van der Waals surface area contributed by atoms with Crippen molar-refractivity contribution in [2.75, 3.05) is 48.0 Å². The van der Waals surface area contributed by atoms with Crippen LogP contribution in [-0.4, -0.2) is 69.6 Å². The lowest BCUT2D eigenvalue weighted by atomic mass is 9.87. The van der Waals surface area contributed by atoms with Crippen LogP contribution < -0.4 is 14.2 Å². The number of benzene rings is 2. The van der Waals surface area contributed by atoms with Crippen molar-refractivity contribution in [2.24, 2.45) is 5.92 Å². The number of hydrogen-bond acceptors (Lipinski definition) is 5. The van der Waals surface area contributed by atoms with Gasteiger partial charge in [-0.2, -0.15) is 0 Å². The Morgan fingerprint density at radius 1 is 1.00 bits per heavy atom. The summed E-state index contributed by atoms with van der Waals surface area (Å²) in [4.78, 5) is 29.8. The second kappa shape index (κ2) is 9.73. The van der Waals surface area contributed by atoms with Gasteiger partial charge in [0.15, 0.2) is 11.5 Å². The van der Waals surface area contributed by atoms with Crippen molar-refractivity contribution < 1.29 is 23.8 Å². The van der Waals surface area contributed by atoms with E-state index in [1.807, 2.05) is 37.3 Å². The van der Waals surface area contributed by atoms with Crippen LogP contribution in [0.3, 0.4) is 0 Å². The Hall–Kier alpha value is -3.22. The first-order valence-corrected chi connectivity index (χ1v) is 10.3. The number of hydrogen-bond donors (Lipinski definition) is 0. The smallest absolute Gasteiger partial charge is 0.253 e. The summed E-state index contributed by atoms with van der Waals surface area (Å²) in [6.45, 7) is 3.33. The van der Waals surface area contributed by atoms with Gasteiger partial charge in [0, 0.05) is 38.2 Å². The van der Waals surface area contributed by atoms with Gasteiger partial charge >= 0.3 is 0 Å². The van der Waals surface area contributed by atoms with E-state index in [-0.39, 0.29) is 23.7 Å². The summed E-state index contributed by atoms with van der Waals surface area (Å²) in [6, 6.07) is 12.9. The normalized spacial score (nSPS) is 17.9. The first-order valence-electron chi connectivity index (χ1n) is 10.3. The summed E-state index contributed by atoms with van der Waals surface area (Å²) in [5.41, 5.74) is 1.49. The minimum Gasteiger partial charge on any atom is -0.493 e. The van der Waals surface area contributed by atoms with E-state index in [1.165, 1.54) is 0 Å². The molecule has 2 aromatic rings. The van der Waals surface area contributed by atoms with Gasteiger partial charge in [-0.1, -0.05) is 18.2 Å². The van der Waals surface area contributed by atoms with E-state index in [4.69, 9.17) is 14.2 Å². The number of ether oxygens (including phenoxy) is 3. The largest absolute Gasteiger partial charge is 0.493 e. The predicted octanol–water partition coefficient (Wildman–Crippen LogP) is 3.05. The molecule has 166 valence electrons. The molecular formula is C24H30N2O5. The lowest BCUT2D eigenvalue weighted by Crippen LogP contribution is -2.36. The van der Waals surface area contributed by atoms with Crippen LogP contribution >= 0.6 is 0 Å². The number of amides is 2. The van der Waals surface area contributed by atoms with E-state index in [0.717, 1.165) is 5.56 Å². The second-order valence-electron chi connectivity index (χ2n) is 7.60. The van der Waals surface area contributed by atoms with E-state index >= 15 is 0 Å². The lowest BCUT2D eigenvalue weighted by molar-refractivity contribution is -0.133. The van der Waals surface area contributed by atoms with Gasteiger partial charge in [-0.3, -0.25) is 9.59 Å². The average molecular weight is 427 g/mol. The minimum atomic E-state index is -0.361. The van der Waals surface area contributed by atoms with Crippen LogP contribution in [0.4, 0.5) is 0 Å². The van der Waals surface area contributed by atoms with E-state index in [9.17, 15) is 9.59 Å². The highest BCUT2D eigenvalue weighted by molar-refractivity contribution is 5.95. The summed E-state index contributed by atoms with van der Waals surface area (Å²) in [7, 11) is 6.47. The van der Waals surface area contributed by atoms with E-state index in [2.05, 4.69) is 0 Å². The maximum Gasteiger partial charge on any atom is 0.253 e. The molecule has 2 unspecified atom stereocenters. The van der Waals surface area contributed by atoms with Crippen LogP contribution in [0.1, 0.15) is 28.8 Å². The quantitative estimate of drug-likeness (QED) is 0.681. The Bertz CT molecular complexity index is 906. The average Bonchev–Trinajstić information content (AvgIpc) is 3.27. The van der Waals surface area contributed by atoms with E-state index in [0.29, 0.717) is 42.4 Å². The second-order valence-corrected chi connectivity index (χ2v) is 7.60. The standard InChI is InChI=1S/C24H30N2O5/c1-6-25(2)24(28)19-15-26(23(27)16-10-8-7-9-11-16)14-18(19)17-12-20(29-3)22(31-5)21(13-17)30-4/h7-13,18-19H,6,14-15H2,1-5H3. The fourth-order valence-corrected chi connectivity index (χ4v) is 4.08. The van der Waals surface area contributed by atoms with Gasteiger partial charge in [0.2, 0.25) is 11.7 Å². The van der Waals surface area contributed by atoms with Crippen molar-refractivity contribution >= 4 is 11.8 Å². The number of methoxy groups -OCH3 is 3. The third-order valence-corrected chi connectivity index (χ3v) is 5.91. The molecule has 1 fully saturated rings. The molecule has 3 rings (SSSR count). The molecule has 1 aliphatic heterocycles. The molecule has 1 aliphatic rings. The predicted molar refractivity (Wildman–Crippen MR) is 118 cm³/mol. The topological polar surface area (TPSA) is 68.3 Å². The first-order chi connectivity index (χ1) is 14.9. The summed E-state index contributed by atoms with van der Waals surface area (Å²) in [5.74, 6) is 0.942. The molecule has 2 aromatic carbocycles. The van der Waals surface area contributed by atoms with Crippen LogP contribution in [0, 0.1) is 5.92 Å². The molecule has 0 spiro atoms. The molecule has 1 saturated heterocycles. The van der Waals surface area contributed by atoms with Crippen molar-refractivity contribution in [3.05, 3.63) is 53.6 Å². The zero-order chi connectivity index (χ0) is 22.5. The van der Waals surface area contributed by atoms with Gasteiger partial charge in [-0.05, 0) is 36.8 Å². The Morgan fingerprint density at radius 3 is 2.13 bits per heavy atom. The van der Waals surface area contributed by atoms with Gasteiger partial charge in [-0.15, -0.1) is 0 Å². The molecule has 31 heavy (non-hydrogen) atoms. The summed E-state index contributed by atoms with van der Waals surface area (Å²) in [5, 5.41) is 0. The molecule has 0 aromatic heterocycles. The Labute approximate surface area is 183 Å². The highest BCUT2D eigenvalue weighted by atomic mass is 16.5. The summed E-state index contributed by atoms with van der Waals surface area (Å²) in [6.07, 6.45) is 0. The Balaban J connectivity index is 2.01. The van der Waals surface area contributed by atoms with Crippen LogP contribution in [0.15, 0.2) is 42.5 Å². The van der Waals surface area contributed by atoms with Crippen LogP contribution in [-0.2, 0) is 4.79 Å². The molecular weight excluding hydrogens is 396 g/mol. The molecule has 1 heterocycles. The Morgan fingerprint density at radius 2 is 1.61 bits per heavy atom. The monoisotopic (exact) mass is 426 g/mol. The number of nitrogens with zero attached hydrogens (tertiary/aromatic N) is 2. The molecule has 0 N–H and O–H groups in total. The van der Waals surface area contributed by atoms with Crippen LogP contribution in [0.2, 0.25) is 0 Å². The number of likely N-dealkylation sites (tertiary alicyclic amines) is 1. The summed E-state index contributed by atoms with van der Waals surface area (Å²) < 4.78 is 16.4. The van der Waals surface area contributed by atoms with Crippen molar-refractivity contribution in [2.45, 2.75) is 12.8 Å². The minimum absolute atomic E-state index is 0.0182. The highest BCUT2D eigenvalue weighted by Gasteiger charge is 2.42. The number of carbonyl (C=O) groups excluding carboxylic acids is 2. The molecule has 0 aliphatic carbocycles.